The summed E-state index contributed by atoms with van der Waals surface area (Å²) in [5, 5.41) is 2.66. The number of nitrogens with zero attached hydrogens (tertiary/aromatic N) is 1. The van der Waals surface area contributed by atoms with Crippen LogP contribution in [0.15, 0.2) is 53.5 Å². The van der Waals surface area contributed by atoms with Gasteiger partial charge in [-0.15, -0.1) is 0 Å². The number of benzene rings is 2. The fourth-order valence-electron chi connectivity index (χ4n) is 2.74. The second kappa shape index (κ2) is 7.75. The third kappa shape index (κ3) is 4.09. The summed E-state index contributed by atoms with van der Waals surface area (Å²) in [6, 6.07) is 12.4. The molecule has 1 N–H and O–H groups in total. The predicted octanol–water partition coefficient (Wildman–Crippen LogP) is 3.37. The van der Waals surface area contributed by atoms with E-state index in [1.165, 1.54) is 4.90 Å². The highest BCUT2D eigenvalue weighted by molar-refractivity contribution is 9.10. The van der Waals surface area contributed by atoms with Gasteiger partial charge in [0.05, 0.1) is 0 Å². The summed E-state index contributed by atoms with van der Waals surface area (Å²) in [5.74, 6) is -1.44. The summed E-state index contributed by atoms with van der Waals surface area (Å²) in [7, 11) is 0. The molecule has 6 nitrogen and oxygen atoms in total. The molecule has 1 aliphatic rings. The van der Waals surface area contributed by atoms with Gasteiger partial charge in [-0.25, -0.2) is 0 Å². The molecule has 2 aromatic rings. The van der Waals surface area contributed by atoms with Crippen LogP contribution in [0.25, 0.3) is 5.70 Å². The summed E-state index contributed by atoms with van der Waals surface area (Å²) in [4.78, 5) is 37.6. The minimum atomic E-state index is -0.681. The van der Waals surface area contributed by atoms with Crippen molar-refractivity contribution in [3.63, 3.8) is 0 Å². The van der Waals surface area contributed by atoms with Crippen LogP contribution in [-0.2, 0) is 14.3 Å². The third-order valence-corrected chi connectivity index (χ3v) is 5.02. The number of hydrogen-bond donors (Lipinski definition) is 1. The van der Waals surface area contributed by atoms with Gasteiger partial charge in [0.1, 0.15) is 6.54 Å². The summed E-state index contributed by atoms with van der Waals surface area (Å²) in [5.41, 5.74) is 3.21. The van der Waals surface area contributed by atoms with Crippen LogP contribution in [0.5, 0.6) is 0 Å². The van der Waals surface area contributed by atoms with Gasteiger partial charge in [-0.05, 0) is 36.8 Å². The molecule has 0 spiro atoms. The van der Waals surface area contributed by atoms with Crippen LogP contribution >= 0.6 is 15.9 Å². The molecule has 2 aromatic carbocycles. The van der Waals surface area contributed by atoms with E-state index in [1.807, 2.05) is 13.0 Å². The Morgan fingerprint density at radius 2 is 1.89 bits per heavy atom. The largest absolute Gasteiger partial charge is 0.454 e. The van der Waals surface area contributed by atoms with E-state index >= 15 is 0 Å². The highest BCUT2D eigenvalue weighted by atomic mass is 79.9. The summed E-state index contributed by atoms with van der Waals surface area (Å²) >= 11 is 3.39. The van der Waals surface area contributed by atoms with Crippen molar-refractivity contribution >= 4 is 45.1 Å². The summed E-state index contributed by atoms with van der Waals surface area (Å²) in [6.45, 7) is 5.03. The Hall–Kier alpha value is -2.93. The quantitative estimate of drug-likeness (QED) is 0.740. The number of hydrogen-bond acceptors (Lipinski definition) is 4. The molecule has 1 heterocycles. The Kier molecular flexibility index (Phi) is 5.41. The monoisotopic (exact) mass is 428 g/mol. The number of fused-ring (bicyclic) bond motifs is 1. The van der Waals surface area contributed by atoms with Crippen molar-refractivity contribution in [2.75, 3.05) is 18.5 Å². The Morgan fingerprint density at radius 3 is 2.56 bits per heavy atom. The van der Waals surface area contributed by atoms with E-state index in [4.69, 9.17) is 4.74 Å². The normalized spacial score (nSPS) is 12.7. The lowest BCUT2D eigenvalue weighted by Gasteiger charge is -2.16. The van der Waals surface area contributed by atoms with Crippen molar-refractivity contribution < 1.29 is 19.1 Å². The van der Waals surface area contributed by atoms with E-state index in [9.17, 15) is 14.4 Å². The van der Waals surface area contributed by atoms with Crippen LogP contribution in [-0.4, -0.2) is 35.8 Å². The second-order valence-electron chi connectivity index (χ2n) is 6.06. The molecule has 0 saturated carbocycles. The van der Waals surface area contributed by atoms with Gasteiger partial charge in [-0.1, -0.05) is 40.7 Å². The molecule has 138 valence electrons. The zero-order chi connectivity index (χ0) is 19.6. The lowest BCUT2D eigenvalue weighted by atomic mass is 10.1. The number of esters is 1. The van der Waals surface area contributed by atoms with Crippen LogP contribution in [0, 0.1) is 6.92 Å². The van der Waals surface area contributed by atoms with Gasteiger partial charge in [0.15, 0.2) is 6.61 Å². The summed E-state index contributed by atoms with van der Waals surface area (Å²) in [6.07, 6.45) is 0. The first kappa shape index (κ1) is 18.8. The van der Waals surface area contributed by atoms with Crippen LogP contribution in [0.2, 0.25) is 0 Å². The Bertz CT molecular complexity index is 920. The van der Waals surface area contributed by atoms with Crippen molar-refractivity contribution in [1.29, 1.82) is 0 Å². The van der Waals surface area contributed by atoms with Gasteiger partial charge in [0.25, 0.3) is 11.8 Å². The van der Waals surface area contributed by atoms with E-state index in [0.717, 1.165) is 10.0 Å². The van der Waals surface area contributed by atoms with Crippen LogP contribution in [0.4, 0.5) is 5.69 Å². The molecular weight excluding hydrogens is 412 g/mol. The number of amides is 2. The van der Waals surface area contributed by atoms with E-state index in [0.29, 0.717) is 22.5 Å². The Balaban J connectivity index is 1.53. The molecule has 0 radical (unpaired) electrons. The zero-order valence-electron chi connectivity index (χ0n) is 14.6. The molecular formula is C20H17BrN2O4. The second-order valence-corrected chi connectivity index (χ2v) is 6.91. The first-order chi connectivity index (χ1) is 12.9. The predicted molar refractivity (Wildman–Crippen MR) is 105 cm³/mol. The maximum absolute atomic E-state index is 12.4. The number of nitrogens with one attached hydrogen (secondary N) is 1. The number of aryl methyl sites for hydroxylation is 1. The van der Waals surface area contributed by atoms with Gasteiger partial charge in [-0.2, -0.15) is 0 Å². The molecule has 0 atom stereocenters. The van der Waals surface area contributed by atoms with Gasteiger partial charge < -0.3 is 10.1 Å². The highest BCUT2D eigenvalue weighted by Gasteiger charge is 2.32. The molecule has 0 saturated heterocycles. The lowest BCUT2D eigenvalue weighted by Crippen LogP contribution is -2.32. The SMILES string of the molecule is C=C1c2ccccc2C(=O)N1CC(=O)OCC(=O)Nc1ccc(Br)c(C)c1. The van der Waals surface area contributed by atoms with Crippen molar-refractivity contribution in [2.45, 2.75) is 6.92 Å². The zero-order valence-corrected chi connectivity index (χ0v) is 16.2. The van der Waals surface area contributed by atoms with E-state index < -0.39 is 18.5 Å². The van der Waals surface area contributed by atoms with E-state index in [2.05, 4.69) is 27.8 Å². The molecule has 7 heteroatoms. The number of halogens is 1. The smallest absolute Gasteiger partial charge is 0.326 e. The number of carbonyl (C=O) groups is 3. The molecule has 27 heavy (non-hydrogen) atoms. The lowest BCUT2D eigenvalue weighted by molar-refractivity contribution is -0.147. The molecule has 1 aliphatic heterocycles. The van der Waals surface area contributed by atoms with Crippen molar-refractivity contribution in [3.8, 4) is 0 Å². The number of carbonyl (C=O) groups excluding carboxylic acids is 3. The van der Waals surface area contributed by atoms with Gasteiger partial charge in [0, 0.05) is 27.0 Å². The maximum Gasteiger partial charge on any atom is 0.326 e. The topological polar surface area (TPSA) is 75.7 Å². The standard InChI is InChI=1S/C20H17BrN2O4/c1-12-9-14(7-8-17(12)21)22-18(24)11-27-19(25)10-23-13(2)15-5-3-4-6-16(15)20(23)26/h3-9H,2,10-11H2,1H3,(H,22,24). The first-order valence-corrected chi connectivity index (χ1v) is 8.98. The third-order valence-electron chi connectivity index (χ3n) is 4.13. The van der Waals surface area contributed by atoms with Crippen LogP contribution < -0.4 is 5.32 Å². The molecule has 2 amide bonds. The van der Waals surface area contributed by atoms with Crippen molar-refractivity contribution in [3.05, 3.63) is 70.2 Å². The number of rotatable bonds is 5. The summed E-state index contributed by atoms with van der Waals surface area (Å²) < 4.78 is 5.93. The van der Waals surface area contributed by atoms with Crippen LogP contribution in [0.3, 0.4) is 0 Å². The molecule has 0 aliphatic carbocycles. The van der Waals surface area contributed by atoms with Crippen molar-refractivity contribution in [1.82, 2.24) is 4.90 Å². The highest BCUT2D eigenvalue weighted by Crippen LogP contribution is 2.30. The van der Waals surface area contributed by atoms with Gasteiger partial charge in [0.2, 0.25) is 0 Å². The number of anilines is 1. The Morgan fingerprint density at radius 1 is 1.19 bits per heavy atom. The minimum Gasteiger partial charge on any atom is -0.454 e. The fourth-order valence-corrected chi connectivity index (χ4v) is 2.99. The fraction of sp³-hybridized carbons (Fsp3) is 0.150. The maximum atomic E-state index is 12.4. The van der Waals surface area contributed by atoms with Crippen molar-refractivity contribution in [2.24, 2.45) is 0 Å². The minimum absolute atomic E-state index is 0.295. The first-order valence-electron chi connectivity index (χ1n) is 8.18. The van der Waals surface area contributed by atoms with Gasteiger partial charge >= 0.3 is 5.97 Å². The van der Waals surface area contributed by atoms with E-state index in [1.54, 1.807) is 36.4 Å². The average Bonchev–Trinajstić information content (AvgIpc) is 2.88. The molecule has 0 fully saturated rings. The van der Waals surface area contributed by atoms with Gasteiger partial charge in [-0.3, -0.25) is 19.3 Å². The van der Waals surface area contributed by atoms with Crippen LogP contribution in [0.1, 0.15) is 21.5 Å². The molecule has 3 rings (SSSR count). The number of ether oxygens (including phenoxy) is 1. The Labute approximate surface area is 164 Å². The molecule has 0 bridgehead atoms. The van der Waals surface area contributed by atoms with E-state index in [-0.39, 0.29) is 12.5 Å². The molecule has 0 unspecified atom stereocenters. The average molecular weight is 429 g/mol. The molecule has 0 aromatic heterocycles.